The molecule has 0 unspecified atom stereocenters. The van der Waals surface area contributed by atoms with Crippen LogP contribution in [-0.4, -0.2) is 12.9 Å². The molecule has 0 saturated heterocycles. The van der Waals surface area contributed by atoms with E-state index in [1.54, 1.807) is 36.6 Å². The fourth-order valence-electron chi connectivity index (χ4n) is 1.51. The minimum absolute atomic E-state index is 0.155. The van der Waals surface area contributed by atoms with Crippen LogP contribution in [0.3, 0.4) is 0 Å². The van der Waals surface area contributed by atoms with Gasteiger partial charge in [0.15, 0.2) is 5.76 Å². The molecule has 87 valence electrons. The number of benzene rings is 1. The molecular weight excluding hydrogens is 240 g/mol. The third-order valence-corrected chi connectivity index (χ3v) is 2.45. The Balaban J connectivity index is 2.48. The van der Waals surface area contributed by atoms with Gasteiger partial charge in [-0.15, -0.1) is 0 Å². The topological polar surface area (TPSA) is 39.4 Å². The molecular formula is C13H10ClO3. The van der Waals surface area contributed by atoms with E-state index in [4.69, 9.17) is 20.8 Å². The van der Waals surface area contributed by atoms with Gasteiger partial charge in [0.25, 0.3) is 6.29 Å². The molecule has 0 saturated carbocycles. The van der Waals surface area contributed by atoms with Crippen LogP contribution in [0.5, 0.6) is 5.75 Å². The maximum atomic E-state index is 10.5. The van der Waals surface area contributed by atoms with Crippen LogP contribution < -0.4 is 4.74 Å². The van der Waals surface area contributed by atoms with Crippen LogP contribution in [0.1, 0.15) is 12.7 Å². The maximum Gasteiger partial charge on any atom is 0.271 e. The average molecular weight is 250 g/mol. The van der Waals surface area contributed by atoms with Gasteiger partial charge >= 0.3 is 0 Å². The van der Waals surface area contributed by atoms with Gasteiger partial charge in [-0.3, -0.25) is 4.79 Å². The van der Waals surface area contributed by atoms with Gasteiger partial charge in [-0.1, -0.05) is 11.6 Å². The minimum atomic E-state index is 0.155. The highest BCUT2D eigenvalue weighted by Gasteiger charge is 2.11. The van der Waals surface area contributed by atoms with Crippen LogP contribution in [0.2, 0.25) is 5.02 Å². The molecule has 17 heavy (non-hydrogen) atoms. The van der Waals surface area contributed by atoms with Gasteiger partial charge in [0.05, 0.1) is 12.2 Å². The van der Waals surface area contributed by atoms with E-state index in [1.165, 1.54) is 0 Å². The number of hydrogen-bond donors (Lipinski definition) is 0. The van der Waals surface area contributed by atoms with E-state index in [-0.39, 0.29) is 5.76 Å². The van der Waals surface area contributed by atoms with Crippen molar-refractivity contribution in [1.29, 1.82) is 0 Å². The normalized spacial score (nSPS) is 10.2. The van der Waals surface area contributed by atoms with Crippen molar-refractivity contribution >= 4 is 17.9 Å². The second-order valence-electron chi connectivity index (χ2n) is 3.34. The van der Waals surface area contributed by atoms with Crippen LogP contribution in [0.4, 0.5) is 0 Å². The van der Waals surface area contributed by atoms with Gasteiger partial charge < -0.3 is 9.15 Å². The molecule has 2 rings (SSSR count). The van der Waals surface area contributed by atoms with Gasteiger partial charge in [0.1, 0.15) is 11.5 Å². The number of carbonyl (C=O) groups excluding carboxylic acids is 1. The van der Waals surface area contributed by atoms with Crippen molar-refractivity contribution in [2.45, 2.75) is 6.92 Å². The molecule has 1 radical (unpaired) electrons. The molecule has 3 nitrogen and oxygen atoms in total. The Morgan fingerprint density at radius 1 is 1.35 bits per heavy atom. The summed E-state index contributed by atoms with van der Waals surface area (Å²) in [6.07, 6.45) is 1.69. The zero-order chi connectivity index (χ0) is 12.3. The molecule has 0 N–H and O–H groups in total. The van der Waals surface area contributed by atoms with E-state index >= 15 is 0 Å². The van der Waals surface area contributed by atoms with Crippen LogP contribution in [0, 0.1) is 0 Å². The lowest BCUT2D eigenvalue weighted by Crippen LogP contribution is -1.93. The Hall–Kier alpha value is -1.74. The van der Waals surface area contributed by atoms with Crippen molar-refractivity contribution < 1.29 is 13.9 Å². The predicted molar refractivity (Wildman–Crippen MR) is 65.1 cm³/mol. The standard InChI is InChI=1S/C13H10ClO3/c1-2-16-12-5-3-9(14)7-11(12)13-6-4-10(8-15)17-13/h3-7H,2H2,1H3. The molecule has 0 fully saturated rings. The summed E-state index contributed by atoms with van der Waals surface area (Å²) in [7, 11) is 0. The van der Waals surface area contributed by atoms with Crippen molar-refractivity contribution in [3.05, 3.63) is 41.1 Å². The fourth-order valence-corrected chi connectivity index (χ4v) is 1.69. The summed E-state index contributed by atoms with van der Waals surface area (Å²) >= 11 is 5.93. The molecule has 0 aliphatic carbocycles. The van der Waals surface area contributed by atoms with Gasteiger partial charge in [0, 0.05) is 5.02 Å². The lowest BCUT2D eigenvalue weighted by Gasteiger charge is -2.08. The molecule has 0 aliphatic heterocycles. The minimum Gasteiger partial charge on any atom is -0.493 e. The third-order valence-electron chi connectivity index (χ3n) is 2.21. The average Bonchev–Trinajstić information content (AvgIpc) is 2.80. The summed E-state index contributed by atoms with van der Waals surface area (Å²) in [5, 5.41) is 0.580. The van der Waals surface area contributed by atoms with Gasteiger partial charge in [-0.2, -0.15) is 0 Å². The van der Waals surface area contributed by atoms with Crippen LogP contribution in [0.25, 0.3) is 11.3 Å². The first-order chi connectivity index (χ1) is 8.24. The van der Waals surface area contributed by atoms with Gasteiger partial charge in [-0.05, 0) is 37.3 Å². The monoisotopic (exact) mass is 249 g/mol. The van der Waals surface area contributed by atoms with Crippen molar-refractivity contribution in [3.8, 4) is 17.1 Å². The highest BCUT2D eigenvalue weighted by Crippen LogP contribution is 2.33. The second-order valence-corrected chi connectivity index (χ2v) is 3.78. The second kappa shape index (κ2) is 5.06. The number of furan rings is 1. The number of rotatable bonds is 4. The van der Waals surface area contributed by atoms with E-state index in [0.717, 1.165) is 5.56 Å². The molecule has 0 atom stereocenters. The van der Waals surface area contributed by atoms with Crippen LogP contribution >= 0.6 is 11.6 Å². The van der Waals surface area contributed by atoms with E-state index < -0.39 is 0 Å². The summed E-state index contributed by atoms with van der Waals surface area (Å²) in [5.74, 6) is 1.36. The Morgan fingerprint density at radius 3 is 2.82 bits per heavy atom. The SMILES string of the molecule is CCOc1ccc(Cl)cc1-c1ccc([C]=O)o1. The quantitative estimate of drug-likeness (QED) is 0.833. The first-order valence-electron chi connectivity index (χ1n) is 5.15. The first-order valence-corrected chi connectivity index (χ1v) is 5.53. The summed E-state index contributed by atoms with van der Waals surface area (Å²) in [5.41, 5.74) is 0.723. The van der Waals surface area contributed by atoms with E-state index in [0.29, 0.717) is 23.1 Å². The summed E-state index contributed by atoms with van der Waals surface area (Å²) in [6.45, 7) is 2.44. The van der Waals surface area contributed by atoms with E-state index in [9.17, 15) is 4.79 Å². The van der Waals surface area contributed by atoms with Gasteiger partial charge in [0.2, 0.25) is 0 Å². The molecule has 1 heterocycles. The van der Waals surface area contributed by atoms with E-state index in [2.05, 4.69) is 0 Å². The molecule has 2 aromatic rings. The lowest BCUT2D eigenvalue weighted by molar-refractivity contribution is 0.340. The molecule has 1 aromatic heterocycles. The lowest BCUT2D eigenvalue weighted by atomic mass is 10.1. The highest BCUT2D eigenvalue weighted by molar-refractivity contribution is 6.30. The highest BCUT2D eigenvalue weighted by atomic mass is 35.5. The molecule has 0 aliphatic rings. The molecule has 0 amide bonds. The number of hydrogen-bond acceptors (Lipinski definition) is 3. The molecule has 4 heteroatoms. The van der Waals surface area contributed by atoms with Crippen molar-refractivity contribution in [2.24, 2.45) is 0 Å². The zero-order valence-corrected chi connectivity index (χ0v) is 9.95. The molecule has 0 bridgehead atoms. The Bertz CT molecular complexity index is 531. The van der Waals surface area contributed by atoms with Crippen LogP contribution in [-0.2, 0) is 4.79 Å². The Labute approximate surface area is 104 Å². The van der Waals surface area contributed by atoms with Gasteiger partial charge in [-0.25, -0.2) is 0 Å². The molecule has 1 aromatic carbocycles. The first kappa shape index (κ1) is 11.7. The van der Waals surface area contributed by atoms with Crippen LogP contribution in [0.15, 0.2) is 34.7 Å². The summed E-state index contributed by atoms with van der Waals surface area (Å²) in [4.78, 5) is 10.5. The number of ether oxygens (including phenoxy) is 1. The number of halogens is 1. The van der Waals surface area contributed by atoms with Crippen molar-refractivity contribution in [2.75, 3.05) is 6.61 Å². The van der Waals surface area contributed by atoms with E-state index in [1.807, 2.05) is 6.92 Å². The largest absolute Gasteiger partial charge is 0.493 e. The summed E-state index contributed by atoms with van der Waals surface area (Å²) < 4.78 is 10.8. The Morgan fingerprint density at radius 2 is 2.18 bits per heavy atom. The molecule has 0 spiro atoms. The van der Waals surface area contributed by atoms with Crippen molar-refractivity contribution in [3.63, 3.8) is 0 Å². The zero-order valence-electron chi connectivity index (χ0n) is 9.20. The fraction of sp³-hybridized carbons (Fsp3) is 0.154. The summed E-state index contributed by atoms with van der Waals surface area (Å²) in [6, 6.07) is 8.49. The predicted octanol–water partition coefficient (Wildman–Crippen LogP) is 3.46. The third kappa shape index (κ3) is 2.50. The van der Waals surface area contributed by atoms with Crippen molar-refractivity contribution in [1.82, 2.24) is 0 Å². The Kier molecular flexibility index (Phi) is 3.49. The smallest absolute Gasteiger partial charge is 0.271 e. The maximum absolute atomic E-state index is 10.5.